The average molecular weight is 383 g/mol. The minimum Gasteiger partial charge on any atom is -0.497 e. The quantitative estimate of drug-likeness (QED) is 0.759. The first-order valence-corrected chi connectivity index (χ1v) is 9.44. The fourth-order valence-electron chi connectivity index (χ4n) is 3.11. The molecule has 148 valence electrons. The minimum absolute atomic E-state index is 0.100. The molecule has 1 aliphatic rings. The van der Waals surface area contributed by atoms with Crippen molar-refractivity contribution in [3.05, 3.63) is 47.9 Å². The molecule has 1 fully saturated rings. The maximum Gasteiger partial charge on any atom is 0.273 e. The van der Waals surface area contributed by atoms with Gasteiger partial charge in [0.25, 0.3) is 11.8 Å². The topological polar surface area (TPSA) is 96.5 Å². The summed E-state index contributed by atoms with van der Waals surface area (Å²) in [5, 5.41) is 5.52. The molecule has 0 atom stereocenters. The van der Waals surface area contributed by atoms with E-state index in [1.807, 2.05) is 0 Å². The molecule has 2 amide bonds. The highest BCUT2D eigenvalue weighted by atomic mass is 16.5. The van der Waals surface area contributed by atoms with Gasteiger partial charge in [0.15, 0.2) is 11.5 Å². The summed E-state index contributed by atoms with van der Waals surface area (Å²) in [6.45, 7) is 3.48. The van der Waals surface area contributed by atoms with E-state index in [1.165, 1.54) is 31.7 Å². The molecule has 3 rings (SSSR count). The van der Waals surface area contributed by atoms with Gasteiger partial charge in [-0.05, 0) is 50.2 Å². The van der Waals surface area contributed by atoms with Crippen LogP contribution in [0.2, 0.25) is 0 Å². The van der Waals surface area contributed by atoms with Crippen molar-refractivity contribution in [3.8, 4) is 5.75 Å². The Morgan fingerprint density at radius 1 is 1.04 bits per heavy atom. The highest BCUT2D eigenvalue weighted by molar-refractivity contribution is 6.07. The van der Waals surface area contributed by atoms with Crippen LogP contribution >= 0.6 is 0 Å². The second-order valence-electron chi connectivity index (χ2n) is 6.59. The van der Waals surface area contributed by atoms with Crippen LogP contribution < -0.4 is 15.4 Å². The van der Waals surface area contributed by atoms with Gasteiger partial charge in [0.05, 0.1) is 7.11 Å². The second-order valence-corrected chi connectivity index (χ2v) is 6.59. The number of anilines is 1. The summed E-state index contributed by atoms with van der Waals surface area (Å²) in [6.07, 6.45) is 6.57. The minimum atomic E-state index is -0.370. The fourth-order valence-corrected chi connectivity index (χ4v) is 3.11. The SMILES string of the molecule is COc1ccc(C(=O)Nc2nccnc2C(=O)NCCN2CCCCC2)cc1. The van der Waals surface area contributed by atoms with E-state index in [0.717, 1.165) is 19.6 Å². The summed E-state index contributed by atoms with van der Waals surface area (Å²) in [5.74, 6) is 0.0734. The lowest BCUT2D eigenvalue weighted by molar-refractivity contribution is 0.0942. The summed E-state index contributed by atoms with van der Waals surface area (Å²) < 4.78 is 5.09. The van der Waals surface area contributed by atoms with E-state index in [4.69, 9.17) is 4.74 Å². The van der Waals surface area contributed by atoms with Crippen molar-refractivity contribution >= 4 is 17.6 Å². The third-order valence-corrected chi connectivity index (χ3v) is 4.66. The third kappa shape index (κ3) is 5.26. The number of likely N-dealkylation sites (tertiary alicyclic amines) is 1. The Labute approximate surface area is 164 Å². The highest BCUT2D eigenvalue weighted by Crippen LogP contribution is 2.14. The zero-order chi connectivity index (χ0) is 19.8. The number of rotatable bonds is 7. The molecule has 0 aliphatic carbocycles. The molecular formula is C20H25N5O3. The van der Waals surface area contributed by atoms with E-state index in [1.54, 1.807) is 31.4 Å². The van der Waals surface area contributed by atoms with E-state index >= 15 is 0 Å². The van der Waals surface area contributed by atoms with Crippen molar-refractivity contribution in [1.29, 1.82) is 0 Å². The lowest BCUT2D eigenvalue weighted by Gasteiger charge is -2.26. The van der Waals surface area contributed by atoms with Crippen LogP contribution in [-0.4, -0.2) is 60.0 Å². The number of ether oxygens (including phenoxy) is 1. The van der Waals surface area contributed by atoms with E-state index < -0.39 is 0 Å². The van der Waals surface area contributed by atoms with Gasteiger partial charge in [0.2, 0.25) is 0 Å². The van der Waals surface area contributed by atoms with Gasteiger partial charge in [0, 0.05) is 31.0 Å². The molecule has 2 aromatic rings. The molecule has 0 radical (unpaired) electrons. The van der Waals surface area contributed by atoms with Crippen molar-refractivity contribution in [3.63, 3.8) is 0 Å². The van der Waals surface area contributed by atoms with Crippen molar-refractivity contribution < 1.29 is 14.3 Å². The zero-order valence-corrected chi connectivity index (χ0v) is 16.0. The predicted molar refractivity (Wildman–Crippen MR) is 106 cm³/mol. The van der Waals surface area contributed by atoms with E-state index in [-0.39, 0.29) is 23.3 Å². The van der Waals surface area contributed by atoms with Gasteiger partial charge in [-0.2, -0.15) is 0 Å². The average Bonchev–Trinajstić information content (AvgIpc) is 2.75. The molecular weight excluding hydrogens is 358 g/mol. The first kappa shape index (κ1) is 19.8. The molecule has 2 heterocycles. The molecule has 0 spiro atoms. The number of piperidine rings is 1. The fraction of sp³-hybridized carbons (Fsp3) is 0.400. The number of hydrogen-bond donors (Lipinski definition) is 2. The lowest BCUT2D eigenvalue weighted by atomic mass is 10.1. The molecule has 8 heteroatoms. The Morgan fingerprint density at radius 2 is 1.75 bits per heavy atom. The molecule has 0 unspecified atom stereocenters. The van der Waals surface area contributed by atoms with Crippen LogP contribution in [0.5, 0.6) is 5.75 Å². The Kier molecular flexibility index (Phi) is 6.91. The summed E-state index contributed by atoms with van der Waals surface area (Å²) in [4.78, 5) is 35.5. The Morgan fingerprint density at radius 3 is 2.46 bits per heavy atom. The van der Waals surface area contributed by atoms with Crippen LogP contribution in [0.4, 0.5) is 5.82 Å². The van der Waals surface area contributed by atoms with Gasteiger partial charge in [-0.1, -0.05) is 6.42 Å². The number of nitrogens with one attached hydrogen (secondary N) is 2. The van der Waals surface area contributed by atoms with Crippen molar-refractivity contribution in [2.45, 2.75) is 19.3 Å². The Balaban J connectivity index is 1.59. The molecule has 1 aromatic carbocycles. The first-order chi connectivity index (χ1) is 13.7. The van der Waals surface area contributed by atoms with Crippen LogP contribution in [0.25, 0.3) is 0 Å². The monoisotopic (exact) mass is 383 g/mol. The number of benzene rings is 1. The van der Waals surface area contributed by atoms with Crippen LogP contribution in [0, 0.1) is 0 Å². The summed E-state index contributed by atoms with van der Waals surface area (Å²) in [5.41, 5.74) is 0.533. The number of carbonyl (C=O) groups excluding carboxylic acids is 2. The smallest absolute Gasteiger partial charge is 0.273 e. The maximum absolute atomic E-state index is 12.5. The standard InChI is InChI=1S/C20H25N5O3/c1-28-16-7-5-15(6-8-16)19(26)24-18-17(21-9-10-22-18)20(27)23-11-14-25-12-3-2-4-13-25/h5-10H,2-4,11-14H2,1H3,(H,23,27)(H,22,24,26). The van der Waals surface area contributed by atoms with Crippen LogP contribution in [0.1, 0.15) is 40.1 Å². The molecule has 2 N–H and O–H groups in total. The summed E-state index contributed by atoms with van der Waals surface area (Å²) in [7, 11) is 1.56. The van der Waals surface area contributed by atoms with Crippen molar-refractivity contribution in [2.24, 2.45) is 0 Å². The van der Waals surface area contributed by atoms with E-state index in [0.29, 0.717) is 17.9 Å². The van der Waals surface area contributed by atoms with Crippen LogP contribution in [0.15, 0.2) is 36.7 Å². The summed E-state index contributed by atoms with van der Waals surface area (Å²) in [6, 6.07) is 6.67. The molecule has 1 aliphatic heterocycles. The zero-order valence-electron chi connectivity index (χ0n) is 16.0. The first-order valence-electron chi connectivity index (χ1n) is 9.44. The van der Waals surface area contributed by atoms with E-state index in [9.17, 15) is 9.59 Å². The number of nitrogens with zero attached hydrogens (tertiary/aromatic N) is 3. The Hall–Kier alpha value is -3.00. The maximum atomic E-state index is 12.5. The molecule has 1 aromatic heterocycles. The Bertz CT molecular complexity index is 804. The number of aromatic nitrogens is 2. The van der Waals surface area contributed by atoms with Gasteiger partial charge in [-0.25, -0.2) is 9.97 Å². The molecule has 0 saturated carbocycles. The molecule has 8 nitrogen and oxygen atoms in total. The van der Waals surface area contributed by atoms with Gasteiger partial charge < -0.3 is 20.3 Å². The van der Waals surface area contributed by atoms with E-state index in [2.05, 4.69) is 25.5 Å². The second kappa shape index (κ2) is 9.80. The summed E-state index contributed by atoms with van der Waals surface area (Å²) >= 11 is 0. The number of hydrogen-bond acceptors (Lipinski definition) is 6. The van der Waals surface area contributed by atoms with Gasteiger partial charge in [-0.3, -0.25) is 9.59 Å². The van der Waals surface area contributed by atoms with Gasteiger partial charge in [-0.15, -0.1) is 0 Å². The van der Waals surface area contributed by atoms with Crippen LogP contribution in [0.3, 0.4) is 0 Å². The number of methoxy groups -OCH3 is 1. The van der Waals surface area contributed by atoms with Gasteiger partial charge >= 0.3 is 0 Å². The largest absolute Gasteiger partial charge is 0.497 e. The number of carbonyl (C=O) groups is 2. The molecule has 28 heavy (non-hydrogen) atoms. The van der Waals surface area contributed by atoms with Gasteiger partial charge in [0.1, 0.15) is 5.75 Å². The normalized spacial score (nSPS) is 14.3. The lowest BCUT2D eigenvalue weighted by Crippen LogP contribution is -2.38. The predicted octanol–water partition coefficient (Wildman–Crippen LogP) is 1.95. The van der Waals surface area contributed by atoms with Crippen molar-refractivity contribution in [2.75, 3.05) is 38.6 Å². The highest BCUT2D eigenvalue weighted by Gasteiger charge is 2.17. The van der Waals surface area contributed by atoms with Crippen LogP contribution in [-0.2, 0) is 0 Å². The molecule has 0 bridgehead atoms. The van der Waals surface area contributed by atoms with Crippen molar-refractivity contribution in [1.82, 2.24) is 20.2 Å². The number of amides is 2. The molecule has 1 saturated heterocycles. The third-order valence-electron chi connectivity index (χ3n) is 4.66.